The first-order valence-electron chi connectivity index (χ1n) is 6.96. The monoisotopic (exact) mass is 247 g/mol. The van der Waals surface area contributed by atoms with Crippen molar-refractivity contribution in [3.05, 3.63) is 34.9 Å². The molecule has 100 valence electrons. The zero-order chi connectivity index (χ0) is 13.4. The Hall–Kier alpha value is -1.15. The summed E-state index contributed by atoms with van der Waals surface area (Å²) in [6.07, 6.45) is 4.95. The highest BCUT2D eigenvalue weighted by atomic mass is 16.1. The fraction of sp³-hybridized carbons (Fsp3) is 0.562. The second-order valence-electron chi connectivity index (χ2n) is 4.96. The maximum absolute atomic E-state index is 11.9. The van der Waals surface area contributed by atoms with Gasteiger partial charge in [0.15, 0.2) is 5.78 Å². The van der Waals surface area contributed by atoms with Crippen LogP contribution in [0.3, 0.4) is 0 Å². The molecule has 2 heteroatoms. The van der Waals surface area contributed by atoms with Crippen LogP contribution in [0.4, 0.5) is 0 Å². The van der Waals surface area contributed by atoms with Gasteiger partial charge in [-0.3, -0.25) is 4.79 Å². The van der Waals surface area contributed by atoms with E-state index in [4.69, 9.17) is 0 Å². The van der Waals surface area contributed by atoms with Gasteiger partial charge in [-0.15, -0.1) is 0 Å². The van der Waals surface area contributed by atoms with Gasteiger partial charge in [0.05, 0.1) is 6.54 Å². The second-order valence-corrected chi connectivity index (χ2v) is 4.96. The smallest absolute Gasteiger partial charge is 0.176 e. The highest BCUT2D eigenvalue weighted by Crippen LogP contribution is 2.10. The van der Waals surface area contributed by atoms with E-state index in [0.717, 1.165) is 18.5 Å². The van der Waals surface area contributed by atoms with E-state index in [2.05, 4.69) is 19.2 Å². The molecule has 2 nitrogen and oxygen atoms in total. The molecule has 0 aliphatic carbocycles. The molecule has 1 aromatic rings. The van der Waals surface area contributed by atoms with Crippen molar-refractivity contribution in [2.24, 2.45) is 0 Å². The summed E-state index contributed by atoms with van der Waals surface area (Å²) in [6.45, 7) is 7.71. The van der Waals surface area contributed by atoms with Crippen LogP contribution in [0.15, 0.2) is 18.2 Å². The van der Waals surface area contributed by atoms with Gasteiger partial charge in [0.2, 0.25) is 0 Å². The van der Waals surface area contributed by atoms with Crippen LogP contribution in [0.25, 0.3) is 0 Å². The molecule has 0 aliphatic heterocycles. The number of Topliss-reactive ketones (excluding diaryl/α,β-unsaturated/α-hetero) is 1. The standard InChI is InChI=1S/C16H25NO/c1-4-5-6-7-10-17-12-16(18)15-9-8-13(2)14(3)11-15/h8-9,11,17H,4-7,10,12H2,1-3H3. The van der Waals surface area contributed by atoms with Crippen molar-refractivity contribution in [1.29, 1.82) is 0 Å². The molecule has 1 rings (SSSR count). The fourth-order valence-corrected chi connectivity index (χ4v) is 1.90. The Morgan fingerprint density at radius 1 is 1.11 bits per heavy atom. The number of benzene rings is 1. The summed E-state index contributed by atoms with van der Waals surface area (Å²) < 4.78 is 0. The molecular formula is C16H25NO. The topological polar surface area (TPSA) is 29.1 Å². The van der Waals surface area contributed by atoms with Gasteiger partial charge < -0.3 is 5.32 Å². The number of ketones is 1. The minimum absolute atomic E-state index is 0.189. The molecule has 1 N–H and O–H groups in total. The predicted molar refractivity (Wildman–Crippen MR) is 77.3 cm³/mol. The van der Waals surface area contributed by atoms with E-state index in [1.807, 2.05) is 25.1 Å². The van der Waals surface area contributed by atoms with Gasteiger partial charge in [0.25, 0.3) is 0 Å². The maximum atomic E-state index is 11.9. The lowest BCUT2D eigenvalue weighted by atomic mass is 10.0. The Morgan fingerprint density at radius 2 is 1.89 bits per heavy atom. The molecular weight excluding hydrogens is 222 g/mol. The summed E-state index contributed by atoms with van der Waals surface area (Å²) in [6, 6.07) is 5.92. The first kappa shape index (κ1) is 14.9. The molecule has 0 saturated carbocycles. The van der Waals surface area contributed by atoms with Gasteiger partial charge in [0, 0.05) is 5.56 Å². The lowest BCUT2D eigenvalue weighted by Crippen LogP contribution is -2.24. The van der Waals surface area contributed by atoms with Gasteiger partial charge >= 0.3 is 0 Å². The molecule has 0 atom stereocenters. The number of hydrogen-bond acceptors (Lipinski definition) is 2. The Morgan fingerprint density at radius 3 is 2.56 bits per heavy atom. The summed E-state index contributed by atoms with van der Waals surface area (Å²) >= 11 is 0. The third kappa shape index (κ3) is 5.01. The van der Waals surface area contributed by atoms with Crippen LogP contribution >= 0.6 is 0 Å². The van der Waals surface area contributed by atoms with Gasteiger partial charge in [-0.05, 0) is 44.0 Å². The minimum atomic E-state index is 0.189. The van der Waals surface area contributed by atoms with E-state index < -0.39 is 0 Å². The molecule has 18 heavy (non-hydrogen) atoms. The van der Waals surface area contributed by atoms with Crippen LogP contribution in [-0.2, 0) is 0 Å². The van der Waals surface area contributed by atoms with Crippen molar-refractivity contribution in [3.63, 3.8) is 0 Å². The number of aryl methyl sites for hydroxylation is 2. The van der Waals surface area contributed by atoms with E-state index >= 15 is 0 Å². The van der Waals surface area contributed by atoms with Crippen molar-refractivity contribution < 1.29 is 4.79 Å². The predicted octanol–water partition coefficient (Wildman–Crippen LogP) is 3.66. The normalized spacial score (nSPS) is 10.6. The summed E-state index contributed by atoms with van der Waals surface area (Å²) in [7, 11) is 0. The summed E-state index contributed by atoms with van der Waals surface area (Å²) in [5, 5.41) is 3.23. The number of carbonyl (C=O) groups excluding carboxylic acids is 1. The number of nitrogens with one attached hydrogen (secondary N) is 1. The Bertz CT molecular complexity index is 385. The number of rotatable bonds is 8. The summed E-state index contributed by atoms with van der Waals surface area (Å²) in [5.74, 6) is 0.189. The van der Waals surface area contributed by atoms with E-state index in [1.165, 1.54) is 30.4 Å². The third-order valence-electron chi connectivity index (χ3n) is 3.32. The third-order valence-corrected chi connectivity index (χ3v) is 3.32. The number of carbonyl (C=O) groups is 1. The molecule has 0 unspecified atom stereocenters. The molecule has 0 spiro atoms. The molecule has 0 radical (unpaired) electrons. The van der Waals surface area contributed by atoms with Gasteiger partial charge in [-0.2, -0.15) is 0 Å². The van der Waals surface area contributed by atoms with Crippen molar-refractivity contribution in [2.75, 3.05) is 13.1 Å². The molecule has 0 amide bonds. The zero-order valence-corrected chi connectivity index (χ0v) is 11.9. The molecule has 1 aromatic carbocycles. The Kier molecular flexibility index (Phi) is 6.66. The van der Waals surface area contributed by atoms with Crippen molar-refractivity contribution >= 4 is 5.78 Å². The molecule has 0 saturated heterocycles. The fourth-order valence-electron chi connectivity index (χ4n) is 1.90. The highest BCUT2D eigenvalue weighted by Gasteiger charge is 2.05. The highest BCUT2D eigenvalue weighted by molar-refractivity contribution is 5.97. The second kappa shape index (κ2) is 8.04. The maximum Gasteiger partial charge on any atom is 0.176 e. The van der Waals surface area contributed by atoms with Crippen molar-refractivity contribution in [3.8, 4) is 0 Å². The zero-order valence-electron chi connectivity index (χ0n) is 11.9. The average Bonchev–Trinajstić information content (AvgIpc) is 2.36. The van der Waals surface area contributed by atoms with Crippen LogP contribution in [-0.4, -0.2) is 18.9 Å². The molecule has 0 heterocycles. The average molecular weight is 247 g/mol. The van der Waals surface area contributed by atoms with Crippen LogP contribution in [0.1, 0.15) is 54.1 Å². The first-order valence-corrected chi connectivity index (χ1v) is 6.96. The van der Waals surface area contributed by atoms with E-state index in [1.54, 1.807) is 0 Å². The van der Waals surface area contributed by atoms with E-state index in [9.17, 15) is 4.79 Å². The largest absolute Gasteiger partial charge is 0.310 e. The molecule has 0 aliphatic rings. The lowest BCUT2D eigenvalue weighted by Gasteiger charge is -2.06. The summed E-state index contributed by atoms with van der Waals surface area (Å²) in [5.41, 5.74) is 3.24. The number of hydrogen-bond donors (Lipinski definition) is 1. The van der Waals surface area contributed by atoms with Gasteiger partial charge in [-0.1, -0.05) is 38.3 Å². The first-order chi connectivity index (χ1) is 8.65. The molecule has 0 fully saturated rings. The van der Waals surface area contributed by atoms with Crippen molar-refractivity contribution in [1.82, 2.24) is 5.32 Å². The quantitative estimate of drug-likeness (QED) is 0.561. The van der Waals surface area contributed by atoms with Crippen LogP contribution < -0.4 is 5.32 Å². The molecule has 0 aromatic heterocycles. The molecule has 0 bridgehead atoms. The van der Waals surface area contributed by atoms with Crippen molar-refractivity contribution in [2.45, 2.75) is 46.5 Å². The Labute approximate surface area is 111 Å². The minimum Gasteiger partial charge on any atom is -0.310 e. The SMILES string of the molecule is CCCCCCNCC(=O)c1ccc(C)c(C)c1. The summed E-state index contributed by atoms with van der Waals surface area (Å²) in [4.78, 5) is 11.9. The lowest BCUT2D eigenvalue weighted by molar-refractivity contribution is 0.0991. The van der Waals surface area contributed by atoms with Crippen LogP contribution in [0.5, 0.6) is 0 Å². The van der Waals surface area contributed by atoms with Crippen LogP contribution in [0, 0.1) is 13.8 Å². The van der Waals surface area contributed by atoms with E-state index in [-0.39, 0.29) is 5.78 Å². The van der Waals surface area contributed by atoms with Gasteiger partial charge in [-0.25, -0.2) is 0 Å². The number of unbranched alkanes of at least 4 members (excludes halogenated alkanes) is 3. The Balaban J connectivity index is 2.30. The van der Waals surface area contributed by atoms with Crippen LogP contribution in [0.2, 0.25) is 0 Å². The van der Waals surface area contributed by atoms with E-state index in [0.29, 0.717) is 6.54 Å². The van der Waals surface area contributed by atoms with Gasteiger partial charge in [0.1, 0.15) is 0 Å².